The van der Waals surface area contributed by atoms with E-state index in [2.05, 4.69) is 10.6 Å². The van der Waals surface area contributed by atoms with E-state index in [1.807, 2.05) is 55.5 Å². The van der Waals surface area contributed by atoms with Crippen LogP contribution in [0, 0.1) is 6.92 Å². The average molecular weight is 507 g/mol. The van der Waals surface area contributed by atoms with Crippen molar-refractivity contribution in [2.24, 2.45) is 0 Å². The lowest BCUT2D eigenvalue weighted by Crippen LogP contribution is -2.43. The van der Waals surface area contributed by atoms with E-state index in [1.165, 1.54) is 5.56 Å². The summed E-state index contributed by atoms with van der Waals surface area (Å²) in [4.78, 5) is 24.6. The third-order valence-corrected chi connectivity index (χ3v) is 6.64. The van der Waals surface area contributed by atoms with Gasteiger partial charge < -0.3 is 24.8 Å². The third kappa shape index (κ3) is 5.17. The highest BCUT2D eigenvalue weighted by atomic mass is 35.5. The van der Waals surface area contributed by atoms with Crippen molar-refractivity contribution in [3.8, 4) is 11.5 Å². The van der Waals surface area contributed by atoms with Crippen LogP contribution in [0.4, 0.5) is 5.69 Å². The van der Waals surface area contributed by atoms with Crippen LogP contribution in [-0.4, -0.2) is 25.0 Å². The Morgan fingerprint density at radius 1 is 0.917 bits per heavy atom. The van der Waals surface area contributed by atoms with Crippen LogP contribution in [0.1, 0.15) is 35.1 Å². The minimum Gasteiger partial charge on any atom is -0.457 e. The molecular weight excluding hydrogens is 480 g/mol. The van der Waals surface area contributed by atoms with Crippen LogP contribution >= 0.6 is 11.6 Å². The quantitative estimate of drug-likeness (QED) is 0.458. The van der Waals surface area contributed by atoms with Crippen LogP contribution in [0.2, 0.25) is 5.02 Å². The molecule has 2 aliphatic heterocycles. The zero-order valence-corrected chi connectivity index (χ0v) is 20.7. The summed E-state index contributed by atoms with van der Waals surface area (Å²) in [6.07, 6.45) is 0.620. The lowest BCUT2D eigenvalue weighted by Gasteiger charge is -2.32. The Hall–Kier alpha value is -3.55. The number of anilines is 1. The fourth-order valence-electron chi connectivity index (χ4n) is 4.47. The van der Waals surface area contributed by atoms with E-state index in [0.29, 0.717) is 30.1 Å². The third-order valence-electron chi connectivity index (χ3n) is 6.32. The maximum Gasteiger partial charge on any atom is 0.309 e. The number of rotatable bonds is 5. The molecule has 0 unspecified atom stereocenters. The summed E-state index contributed by atoms with van der Waals surface area (Å²) in [7, 11) is 0. The Labute approximate surface area is 214 Å². The number of carbonyl (C=O) groups excluding carboxylic acids is 2. The summed E-state index contributed by atoms with van der Waals surface area (Å²) in [6, 6.07) is 19.2. The molecule has 7 nitrogen and oxygen atoms in total. The molecule has 3 aromatic rings. The van der Waals surface area contributed by atoms with Gasteiger partial charge in [-0.15, -0.1) is 0 Å². The van der Waals surface area contributed by atoms with Crippen molar-refractivity contribution < 1.29 is 23.8 Å². The zero-order valence-electron chi connectivity index (χ0n) is 19.9. The van der Waals surface area contributed by atoms with E-state index < -0.39 is 17.7 Å². The number of carbonyl (C=O) groups is 2. The first-order valence-corrected chi connectivity index (χ1v) is 12.3. The van der Waals surface area contributed by atoms with Gasteiger partial charge in [-0.25, -0.2) is 0 Å². The van der Waals surface area contributed by atoms with Crippen molar-refractivity contribution >= 4 is 29.2 Å². The minimum atomic E-state index is -1.51. The first-order chi connectivity index (χ1) is 17.4. The lowest BCUT2D eigenvalue weighted by atomic mass is 9.96. The van der Waals surface area contributed by atoms with Gasteiger partial charge in [-0.1, -0.05) is 41.4 Å². The molecule has 2 N–H and O–H groups in total. The normalized spacial score (nSPS) is 16.8. The number of hydrogen-bond acceptors (Lipinski definition) is 7. The van der Waals surface area contributed by atoms with Crippen molar-refractivity contribution in [3.63, 3.8) is 0 Å². The highest BCUT2D eigenvalue weighted by molar-refractivity contribution is 6.33. The highest BCUT2D eigenvalue weighted by Gasteiger charge is 2.45. The van der Waals surface area contributed by atoms with Gasteiger partial charge in [0.05, 0.1) is 30.1 Å². The van der Waals surface area contributed by atoms with Gasteiger partial charge in [0, 0.05) is 12.1 Å². The molecule has 0 amide bonds. The molecule has 0 bridgehead atoms. The van der Waals surface area contributed by atoms with Crippen molar-refractivity contribution in [1.29, 1.82) is 0 Å². The minimum absolute atomic E-state index is 0.00175. The SMILES string of the molecule is Cc1ccc(Oc2ccc(CNc3c(Cl)ccc4c3CCNCC43OC(=O)CCC(=O)O3)cc2)cc1. The van der Waals surface area contributed by atoms with E-state index in [1.54, 1.807) is 12.1 Å². The van der Waals surface area contributed by atoms with Crippen molar-refractivity contribution in [1.82, 2.24) is 5.32 Å². The number of fused-ring (bicyclic) bond motifs is 2. The van der Waals surface area contributed by atoms with Crippen LogP contribution < -0.4 is 15.4 Å². The molecule has 1 saturated heterocycles. The van der Waals surface area contributed by atoms with E-state index in [0.717, 1.165) is 28.3 Å². The van der Waals surface area contributed by atoms with Gasteiger partial charge in [0.15, 0.2) is 0 Å². The van der Waals surface area contributed by atoms with Crippen LogP contribution in [0.3, 0.4) is 0 Å². The molecule has 0 radical (unpaired) electrons. The Morgan fingerprint density at radius 2 is 1.56 bits per heavy atom. The number of esters is 2. The smallest absolute Gasteiger partial charge is 0.309 e. The fraction of sp³-hybridized carbons (Fsp3) is 0.286. The summed E-state index contributed by atoms with van der Waals surface area (Å²) in [5.74, 6) is -0.903. The van der Waals surface area contributed by atoms with Gasteiger partial charge in [-0.3, -0.25) is 9.59 Å². The number of aryl methyl sites for hydroxylation is 1. The molecule has 8 heteroatoms. The molecule has 0 aromatic heterocycles. The maximum absolute atomic E-state index is 12.3. The van der Waals surface area contributed by atoms with Crippen LogP contribution in [0.25, 0.3) is 0 Å². The molecule has 2 heterocycles. The second-order valence-electron chi connectivity index (χ2n) is 8.99. The largest absolute Gasteiger partial charge is 0.457 e. The number of hydrogen-bond donors (Lipinski definition) is 2. The molecule has 36 heavy (non-hydrogen) atoms. The maximum atomic E-state index is 12.3. The lowest BCUT2D eigenvalue weighted by molar-refractivity contribution is -0.225. The molecule has 1 fully saturated rings. The summed E-state index contributed by atoms with van der Waals surface area (Å²) < 4.78 is 17.3. The predicted molar refractivity (Wildman–Crippen MR) is 136 cm³/mol. The predicted octanol–water partition coefficient (Wildman–Crippen LogP) is 5.23. The second kappa shape index (κ2) is 10.2. The molecule has 186 valence electrons. The van der Waals surface area contributed by atoms with Gasteiger partial charge in [0.2, 0.25) is 0 Å². The van der Waals surface area contributed by atoms with Crippen LogP contribution in [-0.2, 0) is 37.8 Å². The van der Waals surface area contributed by atoms with E-state index in [9.17, 15) is 9.59 Å². The Bertz CT molecular complexity index is 1260. The summed E-state index contributed by atoms with van der Waals surface area (Å²) in [5.41, 5.74) is 4.43. The van der Waals surface area contributed by atoms with Crippen molar-refractivity contribution in [2.45, 2.75) is 38.5 Å². The summed E-state index contributed by atoms with van der Waals surface area (Å²) in [5, 5.41) is 7.21. The molecule has 3 aromatic carbocycles. The first kappa shape index (κ1) is 24.2. The van der Waals surface area contributed by atoms with Crippen LogP contribution in [0.15, 0.2) is 60.7 Å². The van der Waals surface area contributed by atoms with Gasteiger partial charge in [0.25, 0.3) is 5.79 Å². The summed E-state index contributed by atoms with van der Waals surface area (Å²) >= 11 is 6.61. The molecule has 1 spiro atoms. The van der Waals surface area contributed by atoms with Gasteiger partial charge in [-0.05, 0) is 67.4 Å². The van der Waals surface area contributed by atoms with Crippen molar-refractivity contribution in [3.05, 3.63) is 87.9 Å². The van der Waals surface area contributed by atoms with Gasteiger partial charge in [-0.2, -0.15) is 0 Å². The van der Waals surface area contributed by atoms with E-state index in [4.69, 9.17) is 25.8 Å². The number of halogens is 1. The first-order valence-electron chi connectivity index (χ1n) is 12.0. The topological polar surface area (TPSA) is 85.9 Å². The number of benzene rings is 3. The molecular formula is C28H27ClN2O5. The zero-order chi connectivity index (χ0) is 25.1. The molecule has 0 saturated carbocycles. The Balaban J connectivity index is 1.37. The van der Waals surface area contributed by atoms with Gasteiger partial charge >= 0.3 is 11.9 Å². The monoisotopic (exact) mass is 506 g/mol. The van der Waals surface area contributed by atoms with Crippen molar-refractivity contribution in [2.75, 3.05) is 18.4 Å². The standard InChI is InChI=1S/C28H27ClN2O5/c1-18-2-6-20(7-3-18)34-21-8-4-19(5-9-21)16-31-27-22-14-15-30-17-28(23(22)10-11-24(27)29)35-25(32)12-13-26(33)36-28/h2-11,30-31H,12-17H2,1H3. The average Bonchev–Trinajstić information content (AvgIpc) is 3.13. The molecule has 2 aliphatic rings. The Morgan fingerprint density at radius 3 is 2.22 bits per heavy atom. The highest BCUT2D eigenvalue weighted by Crippen LogP contribution is 2.40. The summed E-state index contributed by atoms with van der Waals surface area (Å²) in [6.45, 7) is 3.35. The van der Waals surface area contributed by atoms with E-state index in [-0.39, 0.29) is 19.4 Å². The second-order valence-corrected chi connectivity index (χ2v) is 9.40. The van der Waals surface area contributed by atoms with E-state index >= 15 is 0 Å². The van der Waals surface area contributed by atoms with Crippen LogP contribution in [0.5, 0.6) is 11.5 Å². The van der Waals surface area contributed by atoms with Gasteiger partial charge in [0.1, 0.15) is 11.5 Å². The molecule has 0 aliphatic carbocycles. The number of nitrogens with one attached hydrogen (secondary N) is 2. The molecule has 5 rings (SSSR count). The fourth-order valence-corrected chi connectivity index (χ4v) is 4.72. The number of ether oxygens (including phenoxy) is 3. The molecule has 0 atom stereocenters. The Kier molecular flexibility index (Phi) is 6.85.